The number of likely N-dealkylation sites (tertiary alicyclic amines) is 1. The van der Waals surface area contributed by atoms with E-state index in [2.05, 4.69) is 49.2 Å². The van der Waals surface area contributed by atoms with Crippen LogP contribution in [0.2, 0.25) is 0 Å². The van der Waals surface area contributed by atoms with Crippen molar-refractivity contribution in [2.75, 3.05) is 13.7 Å². The Bertz CT molecular complexity index is 1130. The first-order valence-corrected chi connectivity index (χ1v) is 12.8. The van der Waals surface area contributed by atoms with Crippen LogP contribution in [0.1, 0.15) is 71.3 Å². The quantitative estimate of drug-likeness (QED) is 0.638. The Balaban J connectivity index is 1.35. The van der Waals surface area contributed by atoms with Crippen LogP contribution in [0.5, 0.6) is 5.75 Å². The molecule has 0 aromatic heterocycles. The number of ether oxygens (including phenoxy) is 1. The number of amides is 2. The van der Waals surface area contributed by atoms with Gasteiger partial charge in [0.05, 0.1) is 7.11 Å². The largest absolute Gasteiger partial charge is 0.496 e. The Labute approximate surface area is 203 Å². The maximum absolute atomic E-state index is 13.5. The lowest BCUT2D eigenvalue weighted by molar-refractivity contribution is -0.133. The molecule has 34 heavy (non-hydrogen) atoms. The Morgan fingerprint density at radius 2 is 1.88 bits per heavy atom. The molecule has 2 heterocycles. The van der Waals surface area contributed by atoms with Gasteiger partial charge in [-0.3, -0.25) is 9.59 Å². The summed E-state index contributed by atoms with van der Waals surface area (Å²) in [7, 11) is 1.69. The van der Waals surface area contributed by atoms with Crippen molar-refractivity contribution in [2.24, 2.45) is 10.8 Å². The van der Waals surface area contributed by atoms with Gasteiger partial charge < -0.3 is 15.0 Å². The van der Waals surface area contributed by atoms with E-state index in [0.29, 0.717) is 30.7 Å². The van der Waals surface area contributed by atoms with Crippen LogP contribution in [-0.2, 0) is 16.0 Å². The third-order valence-corrected chi connectivity index (χ3v) is 8.51. The average Bonchev–Trinajstić information content (AvgIpc) is 3.27. The van der Waals surface area contributed by atoms with Gasteiger partial charge in [0.2, 0.25) is 11.8 Å². The lowest BCUT2D eigenvalue weighted by atomic mass is 9.65. The molecular formula is C29H38N2O3. The topological polar surface area (TPSA) is 58.6 Å². The molecule has 1 N–H and O–H groups in total. The zero-order valence-corrected chi connectivity index (χ0v) is 21.1. The number of methoxy groups -OCH3 is 1. The van der Waals surface area contributed by atoms with E-state index in [0.717, 1.165) is 48.8 Å². The minimum absolute atomic E-state index is 0.0940. The van der Waals surface area contributed by atoms with Crippen LogP contribution in [0.25, 0.3) is 10.8 Å². The van der Waals surface area contributed by atoms with Gasteiger partial charge in [-0.15, -0.1) is 0 Å². The molecule has 3 fully saturated rings. The van der Waals surface area contributed by atoms with Gasteiger partial charge in [-0.05, 0) is 66.4 Å². The maximum atomic E-state index is 13.5. The standard InChI is InChI=1S/C29H38N2O3/c1-27(2)16-21-17-28(3,18-27)19-31(21)26(33)12-14-29(13-11-25(32)30-29)15-20-9-10-24(34-4)23-8-6-5-7-22(20)23/h5-10,21H,11-19H2,1-4H3,(H,30,32)/t21-,28+,29-/m0/s1. The van der Waals surface area contributed by atoms with E-state index in [1.165, 1.54) is 12.0 Å². The van der Waals surface area contributed by atoms with E-state index in [4.69, 9.17) is 4.74 Å². The lowest BCUT2D eigenvalue weighted by Crippen LogP contribution is -2.45. The van der Waals surface area contributed by atoms with Crippen molar-refractivity contribution in [1.29, 1.82) is 0 Å². The molecule has 0 spiro atoms. The van der Waals surface area contributed by atoms with Crippen molar-refractivity contribution in [3.8, 4) is 5.75 Å². The maximum Gasteiger partial charge on any atom is 0.222 e. The average molecular weight is 463 g/mol. The van der Waals surface area contributed by atoms with Crippen LogP contribution in [0, 0.1) is 10.8 Å². The fourth-order valence-electron chi connectivity index (χ4n) is 7.45. The molecule has 2 aromatic rings. The molecule has 2 saturated heterocycles. The molecule has 0 radical (unpaired) electrons. The van der Waals surface area contributed by atoms with E-state index in [1.807, 2.05) is 18.2 Å². The normalized spacial score (nSPS) is 29.9. The summed E-state index contributed by atoms with van der Waals surface area (Å²) in [6.07, 6.45) is 6.60. The molecule has 182 valence electrons. The number of benzene rings is 2. The number of fused-ring (bicyclic) bond motifs is 3. The first-order chi connectivity index (χ1) is 16.1. The second kappa shape index (κ2) is 8.28. The highest BCUT2D eigenvalue weighted by Gasteiger charge is 2.51. The smallest absolute Gasteiger partial charge is 0.222 e. The number of rotatable bonds is 6. The second-order valence-corrected chi connectivity index (χ2v) is 12.2. The molecule has 3 aliphatic rings. The van der Waals surface area contributed by atoms with E-state index in [1.54, 1.807) is 7.11 Å². The van der Waals surface area contributed by atoms with Gasteiger partial charge in [0.25, 0.3) is 0 Å². The van der Waals surface area contributed by atoms with E-state index < -0.39 is 0 Å². The monoisotopic (exact) mass is 462 g/mol. The number of nitrogens with zero attached hydrogens (tertiary/aromatic N) is 1. The first-order valence-electron chi connectivity index (χ1n) is 12.8. The third kappa shape index (κ3) is 4.30. The Kier molecular flexibility index (Phi) is 5.65. The molecular weight excluding hydrogens is 424 g/mol. The second-order valence-electron chi connectivity index (χ2n) is 12.2. The van der Waals surface area contributed by atoms with Crippen LogP contribution < -0.4 is 10.1 Å². The number of hydrogen-bond donors (Lipinski definition) is 1. The van der Waals surface area contributed by atoms with Gasteiger partial charge in [-0.25, -0.2) is 0 Å². The highest BCUT2D eigenvalue weighted by molar-refractivity contribution is 5.91. The van der Waals surface area contributed by atoms with Crippen LogP contribution in [-0.4, -0.2) is 41.9 Å². The summed E-state index contributed by atoms with van der Waals surface area (Å²) in [5.41, 5.74) is 1.35. The summed E-state index contributed by atoms with van der Waals surface area (Å²) < 4.78 is 5.57. The molecule has 5 nitrogen and oxygen atoms in total. The van der Waals surface area contributed by atoms with Gasteiger partial charge in [0.1, 0.15) is 5.75 Å². The molecule has 3 atom stereocenters. The Morgan fingerprint density at radius 3 is 2.59 bits per heavy atom. The number of carbonyl (C=O) groups excluding carboxylic acids is 2. The van der Waals surface area contributed by atoms with E-state index in [-0.39, 0.29) is 22.8 Å². The molecule has 2 aromatic carbocycles. The minimum atomic E-state index is -0.373. The highest BCUT2D eigenvalue weighted by Crippen LogP contribution is 2.52. The summed E-state index contributed by atoms with van der Waals surface area (Å²) in [6, 6.07) is 12.8. The summed E-state index contributed by atoms with van der Waals surface area (Å²) in [6.45, 7) is 7.91. The zero-order chi connectivity index (χ0) is 24.1. The Morgan fingerprint density at radius 1 is 1.12 bits per heavy atom. The summed E-state index contributed by atoms with van der Waals surface area (Å²) >= 11 is 0. The fourth-order valence-corrected chi connectivity index (χ4v) is 7.45. The van der Waals surface area contributed by atoms with Gasteiger partial charge in [0, 0.05) is 36.4 Å². The summed E-state index contributed by atoms with van der Waals surface area (Å²) in [5, 5.41) is 5.51. The predicted molar refractivity (Wildman–Crippen MR) is 135 cm³/mol. The van der Waals surface area contributed by atoms with E-state index in [9.17, 15) is 9.59 Å². The van der Waals surface area contributed by atoms with Crippen molar-refractivity contribution in [3.05, 3.63) is 42.0 Å². The van der Waals surface area contributed by atoms with Crippen molar-refractivity contribution in [2.45, 2.75) is 83.7 Å². The van der Waals surface area contributed by atoms with Crippen LogP contribution in [0.15, 0.2) is 36.4 Å². The number of carbonyl (C=O) groups is 2. The molecule has 2 amide bonds. The Hall–Kier alpha value is -2.56. The van der Waals surface area contributed by atoms with Gasteiger partial charge in [-0.1, -0.05) is 51.1 Å². The number of nitrogens with one attached hydrogen (secondary N) is 1. The van der Waals surface area contributed by atoms with E-state index >= 15 is 0 Å². The van der Waals surface area contributed by atoms with Crippen molar-refractivity contribution in [1.82, 2.24) is 10.2 Å². The molecule has 0 unspecified atom stereocenters. The lowest BCUT2D eigenvalue weighted by Gasteiger charge is -2.39. The molecule has 2 aliphatic heterocycles. The molecule has 5 rings (SSSR count). The van der Waals surface area contributed by atoms with Crippen molar-refractivity contribution >= 4 is 22.6 Å². The van der Waals surface area contributed by atoms with Crippen LogP contribution in [0.4, 0.5) is 0 Å². The number of hydrogen-bond acceptors (Lipinski definition) is 3. The van der Waals surface area contributed by atoms with Crippen molar-refractivity contribution in [3.63, 3.8) is 0 Å². The summed E-state index contributed by atoms with van der Waals surface area (Å²) in [5.74, 6) is 1.21. The molecule has 5 heteroatoms. The van der Waals surface area contributed by atoms with Gasteiger partial charge >= 0.3 is 0 Å². The summed E-state index contributed by atoms with van der Waals surface area (Å²) in [4.78, 5) is 28.0. The van der Waals surface area contributed by atoms with Crippen LogP contribution in [0.3, 0.4) is 0 Å². The molecule has 1 aliphatic carbocycles. The molecule has 2 bridgehead atoms. The first kappa shape index (κ1) is 23.2. The predicted octanol–water partition coefficient (Wildman–Crippen LogP) is 5.25. The SMILES string of the molecule is COc1ccc(C[C@@]2(CCC(=O)N3C[C@]4(C)C[C@@H]3CC(C)(C)C4)CCC(=O)N2)c2ccccc12. The minimum Gasteiger partial charge on any atom is -0.496 e. The van der Waals surface area contributed by atoms with Crippen molar-refractivity contribution < 1.29 is 14.3 Å². The molecule has 1 saturated carbocycles. The van der Waals surface area contributed by atoms with Crippen LogP contribution >= 0.6 is 0 Å². The van der Waals surface area contributed by atoms with Gasteiger partial charge in [0.15, 0.2) is 0 Å². The third-order valence-electron chi connectivity index (χ3n) is 8.51. The fraction of sp³-hybridized carbons (Fsp3) is 0.586. The van der Waals surface area contributed by atoms with Gasteiger partial charge in [-0.2, -0.15) is 0 Å². The zero-order valence-electron chi connectivity index (χ0n) is 21.1. The highest BCUT2D eigenvalue weighted by atomic mass is 16.5.